The lowest BCUT2D eigenvalue weighted by Gasteiger charge is -2.19. The van der Waals surface area contributed by atoms with Gasteiger partial charge in [-0.15, -0.1) is 0 Å². The fourth-order valence-electron chi connectivity index (χ4n) is 3.53. The van der Waals surface area contributed by atoms with Gasteiger partial charge in [0.25, 0.3) is 0 Å². The van der Waals surface area contributed by atoms with Crippen LogP contribution in [0.2, 0.25) is 0 Å². The summed E-state index contributed by atoms with van der Waals surface area (Å²) in [5.74, 6) is 0.515. The van der Waals surface area contributed by atoms with Crippen molar-refractivity contribution in [3.63, 3.8) is 0 Å². The molecule has 5 nitrogen and oxygen atoms in total. The average molecular weight is 343 g/mol. The first-order valence-electron chi connectivity index (χ1n) is 9.07. The number of unbranched alkanes of at least 4 members (excludes halogenated alkanes) is 3. The molecule has 1 aliphatic rings. The maximum atomic E-state index is 12.6. The summed E-state index contributed by atoms with van der Waals surface area (Å²) in [4.78, 5) is 28.1. The molecule has 0 unspecified atom stereocenters. The van der Waals surface area contributed by atoms with E-state index < -0.39 is 0 Å². The Labute approximate surface area is 147 Å². The Balaban J connectivity index is 1.71. The molecule has 0 bridgehead atoms. The minimum Gasteiger partial charge on any atom is -0.469 e. The first-order valence-corrected chi connectivity index (χ1v) is 9.07. The number of hydrogen-bond donors (Lipinski definition) is 1. The molecule has 0 spiro atoms. The molecule has 0 saturated carbocycles. The predicted molar refractivity (Wildman–Crippen MR) is 94.1 cm³/mol. The van der Waals surface area contributed by atoms with E-state index in [1.807, 2.05) is 19.1 Å². The largest absolute Gasteiger partial charge is 0.469 e. The number of hydrogen-bond acceptors (Lipinski definition) is 4. The van der Waals surface area contributed by atoms with Crippen LogP contribution in [0.3, 0.4) is 0 Å². The molecular weight excluding hydrogens is 318 g/mol. The number of furan rings is 1. The summed E-state index contributed by atoms with van der Waals surface area (Å²) < 4.78 is 10.8. The molecule has 0 saturated heterocycles. The first kappa shape index (κ1) is 17.5. The molecule has 2 aromatic heterocycles. The van der Waals surface area contributed by atoms with Crippen LogP contribution < -0.4 is 0 Å². The zero-order valence-corrected chi connectivity index (χ0v) is 14.9. The van der Waals surface area contributed by atoms with Crippen molar-refractivity contribution in [2.45, 2.75) is 58.3 Å². The highest BCUT2D eigenvalue weighted by molar-refractivity contribution is 6.03. The molecule has 0 radical (unpaired) electrons. The topological polar surface area (TPSA) is 72.3 Å². The second kappa shape index (κ2) is 7.72. The van der Waals surface area contributed by atoms with Crippen LogP contribution in [0, 0.1) is 6.92 Å². The number of carbonyl (C=O) groups excluding carboxylic acids is 2. The summed E-state index contributed by atoms with van der Waals surface area (Å²) in [5.41, 5.74) is 2.58. The van der Waals surface area contributed by atoms with Crippen molar-refractivity contribution in [3.05, 3.63) is 46.7 Å². The number of Topliss-reactive ketones (excluding diaryl/α,β-unsaturated/α-hetero) is 1. The van der Waals surface area contributed by atoms with E-state index in [4.69, 9.17) is 9.15 Å². The first-order chi connectivity index (χ1) is 12.1. The predicted octanol–water partition coefficient (Wildman–Crippen LogP) is 4.57. The van der Waals surface area contributed by atoms with Crippen molar-refractivity contribution in [2.24, 2.45) is 0 Å². The lowest BCUT2D eigenvalue weighted by atomic mass is 9.84. The van der Waals surface area contributed by atoms with Crippen molar-refractivity contribution < 1.29 is 18.7 Å². The molecule has 0 amide bonds. The SMILES string of the molecule is CCCCCCOC(=O)c1[nH]c2c(c1C)C(=O)C[C@H](c1ccco1)C2. The van der Waals surface area contributed by atoms with Gasteiger partial charge in [0.2, 0.25) is 0 Å². The third-order valence-electron chi connectivity index (χ3n) is 4.87. The maximum absolute atomic E-state index is 12.6. The molecule has 1 N–H and O–H groups in total. The van der Waals surface area contributed by atoms with Gasteiger partial charge in [-0.3, -0.25) is 4.79 Å². The molecule has 5 heteroatoms. The van der Waals surface area contributed by atoms with Crippen LogP contribution in [0.4, 0.5) is 0 Å². The number of fused-ring (bicyclic) bond motifs is 1. The molecule has 0 fully saturated rings. The molecule has 2 heterocycles. The summed E-state index contributed by atoms with van der Waals surface area (Å²) in [7, 11) is 0. The third kappa shape index (κ3) is 3.70. The summed E-state index contributed by atoms with van der Waals surface area (Å²) in [6.45, 7) is 4.38. The quantitative estimate of drug-likeness (QED) is 0.590. The Hall–Kier alpha value is -2.30. The van der Waals surface area contributed by atoms with Crippen molar-refractivity contribution in [3.8, 4) is 0 Å². The number of ether oxygens (including phenoxy) is 1. The van der Waals surface area contributed by atoms with Gasteiger partial charge in [-0.25, -0.2) is 4.79 Å². The van der Waals surface area contributed by atoms with Gasteiger partial charge in [0.15, 0.2) is 5.78 Å². The Morgan fingerprint density at radius 3 is 2.88 bits per heavy atom. The number of rotatable bonds is 7. The Kier molecular flexibility index (Phi) is 5.41. The number of esters is 1. The van der Waals surface area contributed by atoms with Crippen LogP contribution in [-0.4, -0.2) is 23.3 Å². The van der Waals surface area contributed by atoms with E-state index >= 15 is 0 Å². The second-order valence-electron chi connectivity index (χ2n) is 6.72. The highest BCUT2D eigenvalue weighted by Crippen LogP contribution is 2.35. The van der Waals surface area contributed by atoms with Gasteiger partial charge in [0, 0.05) is 23.6 Å². The molecule has 1 aliphatic carbocycles. The number of nitrogens with one attached hydrogen (secondary N) is 1. The molecule has 3 rings (SSSR count). The molecule has 25 heavy (non-hydrogen) atoms. The van der Waals surface area contributed by atoms with Crippen molar-refractivity contribution >= 4 is 11.8 Å². The number of aromatic nitrogens is 1. The molecular formula is C20H25NO4. The fourth-order valence-corrected chi connectivity index (χ4v) is 3.53. The fraction of sp³-hybridized carbons (Fsp3) is 0.500. The van der Waals surface area contributed by atoms with Crippen LogP contribution in [0.15, 0.2) is 22.8 Å². The number of aromatic amines is 1. The van der Waals surface area contributed by atoms with Gasteiger partial charge in [-0.1, -0.05) is 26.2 Å². The van der Waals surface area contributed by atoms with E-state index in [1.54, 1.807) is 6.26 Å². The van der Waals surface area contributed by atoms with Crippen LogP contribution in [0.25, 0.3) is 0 Å². The highest BCUT2D eigenvalue weighted by atomic mass is 16.5. The molecule has 0 aliphatic heterocycles. The minimum absolute atomic E-state index is 0.0194. The number of carbonyl (C=O) groups is 2. The van der Waals surface area contributed by atoms with Crippen LogP contribution in [-0.2, 0) is 11.2 Å². The van der Waals surface area contributed by atoms with Gasteiger partial charge in [0.05, 0.1) is 12.9 Å². The number of ketones is 1. The van der Waals surface area contributed by atoms with E-state index in [9.17, 15) is 9.59 Å². The van der Waals surface area contributed by atoms with Gasteiger partial charge in [0.1, 0.15) is 11.5 Å². The summed E-state index contributed by atoms with van der Waals surface area (Å²) >= 11 is 0. The Morgan fingerprint density at radius 2 is 2.16 bits per heavy atom. The minimum atomic E-state index is -0.370. The van der Waals surface area contributed by atoms with Crippen LogP contribution >= 0.6 is 0 Å². The van der Waals surface area contributed by atoms with E-state index in [0.717, 1.165) is 37.1 Å². The third-order valence-corrected chi connectivity index (χ3v) is 4.87. The summed E-state index contributed by atoms with van der Waals surface area (Å²) in [5, 5.41) is 0. The zero-order chi connectivity index (χ0) is 17.8. The van der Waals surface area contributed by atoms with Crippen molar-refractivity contribution in [2.75, 3.05) is 6.61 Å². The van der Waals surface area contributed by atoms with Crippen molar-refractivity contribution in [1.29, 1.82) is 0 Å². The zero-order valence-electron chi connectivity index (χ0n) is 14.9. The maximum Gasteiger partial charge on any atom is 0.355 e. The number of H-pyrrole nitrogens is 1. The van der Waals surface area contributed by atoms with Crippen molar-refractivity contribution in [1.82, 2.24) is 4.98 Å². The molecule has 134 valence electrons. The van der Waals surface area contributed by atoms with E-state index in [0.29, 0.717) is 36.3 Å². The lowest BCUT2D eigenvalue weighted by Crippen LogP contribution is -2.18. The molecule has 2 aromatic rings. The summed E-state index contributed by atoms with van der Waals surface area (Å²) in [6.07, 6.45) is 6.93. The second-order valence-corrected chi connectivity index (χ2v) is 6.72. The van der Waals surface area contributed by atoms with Gasteiger partial charge in [-0.2, -0.15) is 0 Å². The standard InChI is InChI=1S/C20H25NO4/c1-3-4-5-6-9-25-20(23)19-13(2)18-15(21-19)11-14(12-16(18)22)17-8-7-10-24-17/h7-8,10,14,21H,3-6,9,11-12H2,1-2H3/t14-/m1/s1. The monoisotopic (exact) mass is 343 g/mol. The highest BCUT2D eigenvalue weighted by Gasteiger charge is 2.33. The Morgan fingerprint density at radius 1 is 1.32 bits per heavy atom. The smallest absolute Gasteiger partial charge is 0.355 e. The van der Waals surface area contributed by atoms with E-state index in [1.165, 1.54) is 0 Å². The van der Waals surface area contributed by atoms with Crippen LogP contribution in [0.5, 0.6) is 0 Å². The van der Waals surface area contributed by atoms with Gasteiger partial charge < -0.3 is 14.1 Å². The van der Waals surface area contributed by atoms with Gasteiger partial charge >= 0.3 is 5.97 Å². The molecule has 1 atom stereocenters. The van der Waals surface area contributed by atoms with Crippen LogP contribution in [0.1, 0.15) is 82.8 Å². The average Bonchev–Trinajstić information content (AvgIpc) is 3.23. The Bertz CT molecular complexity index is 742. The summed E-state index contributed by atoms with van der Waals surface area (Å²) in [6, 6.07) is 3.72. The van der Waals surface area contributed by atoms with E-state index in [2.05, 4.69) is 11.9 Å². The van der Waals surface area contributed by atoms with E-state index in [-0.39, 0.29) is 17.7 Å². The lowest BCUT2D eigenvalue weighted by molar-refractivity contribution is 0.0490. The van der Waals surface area contributed by atoms with Gasteiger partial charge in [-0.05, 0) is 37.5 Å². The molecule has 0 aromatic carbocycles. The normalized spacial score (nSPS) is 16.7.